The zero-order valence-corrected chi connectivity index (χ0v) is 12.4. The summed E-state index contributed by atoms with van der Waals surface area (Å²) in [5.41, 5.74) is 1.67. The Balaban J connectivity index is 2.21. The van der Waals surface area contributed by atoms with Crippen LogP contribution in [0.2, 0.25) is 0 Å². The SMILES string of the molecule is CC(=O)Nc1ccccc1NC(=O)c1cccc(Br)c1. The summed E-state index contributed by atoms with van der Waals surface area (Å²) in [4.78, 5) is 23.3. The highest BCUT2D eigenvalue weighted by Crippen LogP contribution is 2.22. The topological polar surface area (TPSA) is 58.2 Å². The van der Waals surface area contributed by atoms with Gasteiger partial charge in [0, 0.05) is 17.0 Å². The van der Waals surface area contributed by atoms with Crippen molar-refractivity contribution in [3.8, 4) is 0 Å². The second kappa shape index (κ2) is 6.34. The minimum absolute atomic E-state index is 0.186. The Labute approximate surface area is 125 Å². The average molecular weight is 333 g/mol. The Morgan fingerprint density at radius 2 is 1.60 bits per heavy atom. The van der Waals surface area contributed by atoms with Crippen LogP contribution in [-0.4, -0.2) is 11.8 Å². The first kappa shape index (κ1) is 14.3. The molecule has 2 rings (SSSR count). The molecule has 0 saturated heterocycles. The molecule has 0 fully saturated rings. The molecule has 2 N–H and O–H groups in total. The molecular weight excluding hydrogens is 320 g/mol. The van der Waals surface area contributed by atoms with Crippen LogP contribution in [0.3, 0.4) is 0 Å². The summed E-state index contributed by atoms with van der Waals surface area (Å²) in [6.45, 7) is 1.42. The molecule has 102 valence electrons. The van der Waals surface area contributed by atoms with Crippen molar-refractivity contribution in [2.45, 2.75) is 6.92 Å². The molecule has 0 bridgehead atoms. The molecule has 0 spiro atoms. The third kappa shape index (κ3) is 3.68. The van der Waals surface area contributed by atoms with Gasteiger partial charge in [0.15, 0.2) is 0 Å². The largest absolute Gasteiger partial charge is 0.325 e. The van der Waals surface area contributed by atoms with Crippen LogP contribution in [0.4, 0.5) is 11.4 Å². The van der Waals surface area contributed by atoms with Crippen molar-refractivity contribution in [2.75, 3.05) is 10.6 Å². The van der Waals surface area contributed by atoms with Crippen molar-refractivity contribution in [2.24, 2.45) is 0 Å². The number of amides is 2. The van der Waals surface area contributed by atoms with E-state index in [0.29, 0.717) is 16.9 Å². The number of benzene rings is 2. The number of carbonyl (C=O) groups excluding carboxylic acids is 2. The molecule has 0 saturated carbocycles. The molecule has 2 amide bonds. The number of rotatable bonds is 3. The molecule has 4 nitrogen and oxygen atoms in total. The molecule has 0 unspecified atom stereocenters. The number of anilines is 2. The lowest BCUT2D eigenvalue weighted by atomic mass is 10.2. The van der Waals surface area contributed by atoms with Crippen molar-refractivity contribution in [1.82, 2.24) is 0 Å². The molecule has 0 heterocycles. The molecule has 0 aliphatic rings. The van der Waals surface area contributed by atoms with E-state index in [0.717, 1.165) is 4.47 Å². The average Bonchev–Trinajstić information content (AvgIpc) is 2.40. The van der Waals surface area contributed by atoms with E-state index in [-0.39, 0.29) is 11.8 Å². The number of hydrogen-bond donors (Lipinski definition) is 2. The van der Waals surface area contributed by atoms with E-state index >= 15 is 0 Å². The highest BCUT2D eigenvalue weighted by atomic mass is 79.9. The predicted molar refractivity (Wildman–Crippen MR) is 82.8 cm³/mol. The van der Waals surface area contributed by atoms with Gasteiger partial charge in [-0.1, -0.05) is 34.1 Å². The molecule has 2 aromatic rings. The Morgan fingerprint density at radius 1 is 0.950 bits per heavy atom. The molecular formula is C15H13BrN2O2. The molecule has 2 aromatic carbocycles. The third-order valence-corrected chi connectivity index (χ3v) is 3.07. The summed E-state index contributed by atoms with van der Waals surface area (Å²) in [7, 11) is 0. The van der Waals surface area contributed by atoms with E-state index in [1.54, 1.807) is 42.5 Å². The summed E-state index contributed by atoms with van der Waals surface area (Å²) >= 11 is 3.33. The van der Waals surface area contributed by atoms with Gasteiger partial charge >= 0.3 is 0 Å². The maximum atomic E-state index is 12.2. The zero-order valence-electron chi connectivity index (χ0n) is 10.8. The van der Waals surface area contributed by atoms with Crippen LogP contribution in [-0.2, 0) is 4.79 Å². The molecule has 0 aliphatic carbocycles. The minimum Gasteiger partial charge on any atom is -0.325 e. The first-order chi connectivity index (χ1) is 9.56. The second-order valence-corrected chi connectivity index (χ2v) is 5.11. The number of halogens is 1. The lowest BCUT2D eigenvalue weighted by Gasteiger charge is -2.11. The fraction of sp³-hybridized carbons (Fsp3) is 0.0667. The van der Waals surface area contributed by atoms with Crippen molar-refractivity contribution in [3.63, 3.8) is 0 Å². The van der Waals surface area contributed by atoms with E-state index in [9.17, 15) is 9.59 Å². The van der Waals surface area contributed by atoms with Crippen molar-refractivity contribution >= 4 is 39.1 Å². The van der Waals surface area contributed by atoms with Crippen LogP contribution in [0.25, 0.3) is 0 Å². The Kier molecular flexibility index (Phi) is 4.53. The van der Waals surface area contributed by atoms with Crippen molar-refractivity contribution < 1.29 is 9.59 Å². The zero-order chi connectivity index (χ0) is 14.5. The second-order valence-electron chi connectivity index (χ2n) is 4.19. The highest BCUT2D eigenvalue weighted by molar-refractivity contribution is 9.10. The Hall–Kier alpha value is -2.14. The van der Waals surface area contributed by atoms with E-state index in [1.165, 1.54) is 6.92 Å². The van der Waals surface area contributed by atoms with Crippen molar-refractivity contribution in [3.05, 3.63) is 58.6 Å². The Morgan fingerprint density at radius 3 is 2.20 bits per heavy atom. The lowest BCUT2D eigenvalue weighted by Crippen LogP contribution is -2.15. The first-order valence-corrected chi connectivity index (χ1v) is 6.79. The maximum absolute atomic E-state index is 12.2. The van der Waals surface area contributed by atoms with Gasteiger partial charge in [-0.15, -0.1) is 0 Å². The molecule has 0 radical (unpaired) electrons. The quantitative estimate of drug-likeness (QED) is 0.901. The summed E-state index contributed by atoms with van der Waals surface area (Å²) in [5.74, 6) is -0.418. The highest BCUT2D eigenvalue weighted by Gasteiger charge is 2.09. The van der Waals surface area contributed by atoms with E-state index in [1.807, 2.05) is 6.07 Å². The predicted octanol–water partition coefficient (Wildman–Crippen LogP) is 3.66. The van der Waals surface area contributed by atoms with Crippen LogP contribution in [0, 0.1) is 0 Å². The fourth-order valence-electron chi connectivity index (χ4n) is 1.71. The standard InChI is InChI=1S/C15H13BrN2O2/c1-10(19)17-13-7-2-3-8-14(13)18-15(20)11-5-4-6-12(16)9-11/h2-9H,1H3,(H,17,19)(H,18,20). The monoisotopic (exact) mass is 332 g/mol. The molecule has 0 aliphatic heterocycles. The van der Waals surface area contributed by atoms with Gasteiger partial charge < -0.3 is 10.6 Å². The smallest absolute Gasteiger partial charge is 0.255 e. The molecule has 0 aromatic heterocycles. The van der Waals surface area contributed by atoms with E-state index in [4.69, 9.17) is 0 Å². The first-order valence-electron chi connectivity index (χ1n) is 6.00. The van der Waals surface area contributed by atoms with Crippen LogP contribution in [0.15, 0.2) is 53.0 Å². The number of para-hydroxylation sites is 2. The lowest BCUT2D eigenvalue weighted by molar-refractivity contribution is -0.114. The van der Waals surface area contributed by atoms with Crippen LogP contribution < -0.4 is 10.6 Å². The van der Waals surface area contributed by atoms with Gasteiger partial charge in [0.25, 0.3) is 5.91 Å². The summed E-state index contributed by atoms with van der Waals surface area (Å²) in [5, 5.41) is 5.46. The summed E-state index contributed by atoms with van der Waals surface area (Å²) < 4.78 is 0.834. The van der Waals surface area contributed by atoms with Gasteiger partial charge in [0.05, 0.1) is 11.4 Å². The van der Waals surface area contributed by atoms with E-state index < -0.39 is 0 Å². The molecule has 20 heavy (non-hydrogen) atoms. The minimum atomic E-state index is -0.232. The third-order valence-electron chi connectivity index (χ3n) is 2.57. The van der Waals surface area contributed by atoms with Crippen molar-refractivity contribution in [1.29, 1.82) is 0 Å². The van der Waals surface area contributed by atoms with Gasteiger partial charge in [-0.3, -0.25) is 9.59 Å². The Bertz CT molecular complexity index is 656. The van der Waals surface area contributed by atoms with Gasteiger partial charge in [0.2, 0.25) is 5.91 Å². The summed E-state index contributed by atoms with van der Waals surface area (Å²) in [6.07, 6.45) is 0. The van der Waals surface area contributed by atoms with Crippen LogP contribution in [0.1, 0.15) is 17.3 Å². The van der Waals surface area contributed by atoms with Gasteiger partial charge in [0.1, 0.15) is 0 Å². The van der Waals surface area contributed by atoms with Crippen LogP contribution >= 0.6 is 15.9 Å². The number of carbonyl (C=O) groups is 2. The van der Waals surface area contributed by atoms with Gasteiger partial charge in [-0.25, -0.2) is 0 Å². The number of hydrogen-bond acceptors (Lipinski definition) is 2. The van der Waals surface area contributed by atoms with E-state index in [2.05, 4.69) is 26.6 Å². The fourth-order valence-corrected chi connectivity index (χ4v) is 2.11. The summed E-state index contributed by atoms with van der Waals surface area (Å²) in [6, 6.07) is 14.2. The normalized spacial score (nSPS) is 9.90. The molecule has 0 atom stereocenters. The molecule has 5 heteroatoms. The van der Waals surface area contributed by atoms with Crippen LogP contribution in [0.5, 0.6) is 0 Å². The number of nitrogens with one attached hydrogen (secondary N) is 2. The van der Waals surface area contributed by atoms with Gasteiger partial charge in [-0.05, 0) is 30.3 Å². The maximum Gasteiger partial charge on any atom is 0.255 e. The van der Waals surface area contributed by atoms with Gasteiger partial charge in [-0.2, -0.15) is 0 Å².